The van der Waals surface area contributed by atoms with Crippen LogP contribution in [0.4, 0.5) is 5.69 Å². The highest BCUT2D eigenvalue weighted by Gasteiger charge is 1.99. The van der Waals surface area contributed by atoms with E-state index in [1.54, 1.807) is 0 Å². The maximum absolute atomic E-state index is 10.9. The van der Waals surface area contributed by atoms with Crippen molar-refractivity contribution in [3.63, 3.8) is 0 Å². The fourth-order valence-corrected chi connectivity index (χ4v) is 1.67. The molecule has 3 nitrogen and oxygen atoms in total. The summed E-state index contributed by atoms with van der Waals surface area (Å²) in [6, 6.07) is 11.4. The quantitative estimate of drug-likeness (QED) is 0.807. The van der Waals surface area contributed by atoms with Gasteiger partial charge in [-0.05, 0) is 34.5 Å². The van der Waals surface area contributed by atoms with Crippen molar-refractivity contribution in [3.8, 4) is 0 Å². The molecule has 0 bridgehead atoms. The lowest BCUT2D eigenvalue weighted by atomic mass is 10.1. The van der Waals surface area contributed by atoms with Crippen LogP contribution in [-0.4, -0.2) is 11.0 Å². The minimum atomic E-state index is -0.0775. The zero-order chi connectivity index (χ0) is 11.5. The number of aliphatic hydroxyl groups excluding tert-OH is 1. The normalized spacial score (nSPS) is 10.4. The molecule has 2 rings (SSSR count). The molecule has 2 N–H and O–H groups in total. The van der Waals surface area contributed by atoms with Crippen LogP contribution in [-0.2, 0) is 11.4 Å². The van der Waals surface area contributed by atoms with Crippen LogP contribution in [0, 0.1) is 0 Å². The van der Waals surface area contributed by atoms with Crippen LogP contribution in [0.1, 0.15) is 12.5 Å². The van der Waals surface area contributed by atoms with E-state index in [2.05, 4.69) is 5.32 Å². The first-order valence-corrected chi connectivity index (χ1v) is 5.10. The van der Waals surface area contributed by atoms with E-state index in [1.165, 1.54) is 6.92 Å². The summed E-state index contributed by atoms with van der Waals surface area (Å²) >= 11 is 0. The molecule has 0 aliphatic heterocycles. The Balaban J connectivity index is 2.43. The highest BCUT2D eigenvalue weighted by molar-refractivity contribution is 5.93. The van der Waals surface area contributed by atoms with Crippen molar-refractivity contribution < 1.29 is 9.90 Å². The maximum Gasteiger partial charge on any atom is 0.221 e. The Bertz CT molecular complexity index is 534. The molecular formula is C13H13NO2. The van der Waals surface area contributed by atoms with Gasteiger partial charge in [0.25, 0.3) is 0 Å². The molecule has 0 aromatic heterocycles. The van der Waals surface area contributed by atoms with E-state index in [0.717, 1.165) is 22.0 Å². The fourth-order valence-electron chi connectivity index (χ4n) is 1.67. The van der Waals surface area contributed by atoms with E-state index in [1.807, 2.05) is 36.4 Å². The van der Waals surface area contributed by atoms with Gasteiger partial charge >= 0.3 is 0 Å². The minimum Gasteiger partial charge on any atom is -0.392 e. The number of aliphatic hydroxyl groups is 1. The molecule has 0 fully saturated rings. The third kappa shape index (κ3) is 2.20. The van der Waals surface area contributed by atoms with Crippen LogP contribution in [0.3, 0.4) is 0 Å². The number of amides is 1. The van der Waals surface area contributed by atoms with Gasteiger partial charge in [0.2, 0.25) is 5.91 Å². The number of carbonyl (C=O) groups excluding carboxylic acids is 1. The summed E-state index contributed by atoms with van der Waals surface area (Å²) in [4.78, 5) is 10.9. The second-order valence-corrected chi connectivity index (χ2v) is 3.74. The third-order valence-electron chi connectivity index (χ3n) is 2.41. The first-order chi connectivity index (χ1) is 7.69. The predicted molar refractivity (Wildman–Crippen MR) is 64.2 cm³/mol. The lowest BCUT2D eigenvalue weighted by molar-refractivity contribution is -0.114. The molecule has 0 aliphatic rings. The highest BCUT2D eigenvalue weighted by atomic mass is 16.3. The Hall–Kier alpha value is -1.87. The predicted octanol–water partition coefficient (Wildman–Crippen LogP) is 2.29. The molecule has 0 heterocycles. The van der Waals surface area contributed by atoms with Crippen LogP contribution >= 0.6 is 0 Å². The van der Waals surface area contributed by atoms with Crippen molar-refractivity contribution in [1.29, 1.82) is 0 Å². The summed E-state index contributed by atoms with van der Waals surface area (Å²) in [5.74, 6) is -0.0775. The molecular weight excluding hydrogens is 202 g/mol. The Morgan fingerprint density at radius 2 is 1.88 bits per heavy atom. The van der Waals surface area contributed by atoms with Crippen LogP contribution in [0.15, 0.2) is 36.4 Å². The molecule has 3 heteroatoms. The fraction of sp³-hybridized carbons (Fsp3) is 0.154. The summed E-state index contributed by atoms with van der Waals surface area (Å²) in [6.07, 6.45) is 0. The van der Waals surface area contributed by atoms with Crippen LogP contribution in [0.5, 0.6) is 0 Å². The molecule has 82 valence electrons. The molecule has 0 unspecified atom stereocenters. The van der Waals surface area contributed by atoms with Crippen LogP contribution in [0.2, 0.25) is 0 Å². The van der Waals surface area contributed by atoms with E-state index < -0.39 is 0 Å². The molecule has 0 spiro atoms. The SMILES string of the molecule is CC(=O)Nc1ccc2cc(CO)ccc2c1. The molecule has 0 saturated heterocycles. The summed E-state index contributed by atoms with van der Waals surface area (Å²) < 4.78 is 0. The summed E-state index contributed by atoms with van der Waals surface area (Å²) in [5.41, 5.74) is 1.68. The molecule has 16 heavy (non-hydrogen) atoms. The molecule has 1 amide bonds. The van der Waals surface area contributed by atoms with Crippen molar-refractivity contribution in [2.45, 2.75) is 13.5 Å². The molecule has 0 saturated carbocycles. The lowest BCUT2D eigenvalue weighted by Gasteiger charge is -2.05. The summed E-state index contributed by atoms with van der Waals surface area (Å²) in [5, 5.41) is 13.9. The third-order valence-corrected chi connectivity index (χ3v) is 2.41. The number of hydrogen-bond acceptors (Lipinski definition) is 2. The summed E-state index contributed by atoms with van der Waals surface area (Å²) in [7, 11) is 0. The van der Waals surface area contributed by atoms with E-state index in [9.17, 15) is 4.79 Å². The molecule has 0 radical (unpaired) electrons. The smallest absolute Gasteiger partial charge is 0.221 e. The van der Waals surface area contributed by atoms with Crippen molar-refractivity contribution >= 4 is 22.4 Å². The number of anilines is 1. The highest BCUT2D eigenvalue weighted by Crippen LogP contribution is 2.20. The van der Waals surface area contributed by atoms with Crippen molar-refractivity contribution in [2.75, 3.05) is 5.32 Å². The molecule has 2 aromatic rings. The zero-order valence-corrected chi connectivity index (χ0v) is 9.03. The summed E-state index contributed by atoms with van der Waals surface area (Å²) in [6.45, 7) is 1.53. The monoisotopic (exact) mass is 215 g/mol. The van der Waals surface area contributed by atoms with Crippen molar-refractivity contribution in [2.24, 2.45) is 0 Å². The van der Waals surface area contributed by atoms with Crippen LogP contribution < -0.4 is 5.32 Å². The number of carbonyl (C=O) groups is 1. The van der Waals surface area contributed by atoms with Gasteiger partial charge in [0.1, 0.15) is 0 Å². The van der Waals surface area contributed by atoms with Gasteiger partial charge in [0.05, 0.1) is 6.61 Å². The van der Waals surface area contributed by atoms with Gasteiger partial charge in [0, 0.05) is 12.6 Å². The number of benzene rings is 2. The zero-order valence-electron chi connectivity index (χ0n) is 9.03. The van der Waals surface area contributed by atoms with Gasteiger partial charge in [-0.1, -0.05) is 18.2 Å². The largest absolute Gasteiger partial charge is 0.392 e. The molecule has 0 atom stereocenters. The standard InChI is InChI=1S/C13H13NO2/c1-9(16)14-13-5-4-11-6-10(8-15)2-3-12(11)7-13/h2-7,15H,8H2,1H3,(H,14,16). The van der Waals surface area contributed by atoms with Gasteiger partial charge in [-0.2, -0.15) is 0 Å². The Morgan fingerprint density at radius 3 is 2.56 bits per heavy atom. The number of rotatable bonds is 2. The molecule has 2 aromatic carbocycles. The van der Waals surface area contributed by atoms with Gasteiger partial charge < -0.3 is 10.4 Å². The Kier molecular flexibility index (Phi) is 2.88. The van der Waals surface area contributed by atoms with E-state index in [4.69, 9.17) is 5.11 Å². The topological polar surface area (TPSA) is 49.3 Å². The van der Waals surface area contributed by atoms with Gasteiger partial charge in [-0.15, -0.1) is 0 Å². The van der Waals surface area contributed by atoms with Gasteiger partial charge in [-0.25, -0.2) is 0 Å². The molecule has 0 aliphatic carbocycles. The second-order valence-electron chi connectivity index (χ2n) is 3.74. The van der Waals surface area contributed by atoms with E-state index in [0.29, 0.717) is 0 Å². The maximum atomic E-state index is 10.9. The van der Waals surface area contributed by atoms with E-state index >= 15 is 0 Å². The Labute approximate surface area is 93.7 Å². The van der Waals surface area contributed by atoms with Crippen molar-refractivity contribution in [3.05, 3.63) is 42.0 Å². The van der Waals surface area contributed by atoms with E-state index in [-0.39, 0.29) is 12.5 Å². The number of nitrogens with one attached hydrogen (secondary N) is 1. The van der Waals surface area contributed by atoms with Gasteiger partial charge in [-0.3, -0.25) is 4.79 Å². The van der Waals surface area contributed by atoms with Gasteiger partial charge in [0.15, 0.2) is 0 Å². The average Bonchev–Trinajstić information content (AvgIpc) is 2.27. The first kappa shape index (κ1) is 10.6. The van der Waals surface area contributed by atoms with Crippen molar-refractivity contribution in [1.82, 2.24) is 0 Å². The number of hydrogen-bond donors (Lipinski definition) is 2. The lowest BCUT2D eigenvalue weighted by Crippen LogP contribution is -2.05. The Morgan fingerprint density at radius 1 is 1.19 bits per heavy atom. The minimum absolute atomic E-state index is 0.0450. The average molecular weight is 215 g/mol. The van der Waals surface area contributed by atoms with Crippen LogP contribution in [0.25, 0.3) is 10.8 Å². The first-order valence-electron chi connectivity index (χ1n) is 5.10. The second kappa shape index (κ2) is 4.33. The number of fused-ring (bicyclic) bond motifs is 1.